The Hall–Kier alpha value is -1.77. The summed E-state index contributed by atoms with van der Waals surface area (Å²) in [6, 6.07) is 4.98. The molecular formula is C15H18O3. The highest BCUT2D eigenvalue weighted by molar-refractivity contribution is 5.91. The second-order valence-electron chi connectivity index (χ2n) is 4.58. The normalized spacial score (nSPS) is 15.1. The third-order valence-corrected chi connectivity index (χ3v) is 3.35. The van der Waals surface area contributed by atoms with E-state index in [9.17, 15) is 9.90 Å². The van der Waals surface area contributed by atoms with E-state index in [1.807, 2.05) is 0 Å². The number of hydrogen-bond donors (Lipinski definition) is 1. The molecule has 0 bridgehead atoms. The van der Waals surface area contributed by atoms with Crippen LogP contribution in [0.2, 0.25) is 0 Å². The topological polar surface area (TPSA) is 46.5 Å². The highest BCUT2D eigenvalue weighted by Gasteiger charge is 2.16. The number of esters is 1. The molecule has 0 aliphatic heterocycles. The minimum atomic E-state index is -0.391. The van der Waals surface area contributed by atoms with Crippen molar-refractivity contribution in [1.82, 2.24) is 0 Å². The van der Waals surface area contributed by atoms with Crippen LogP contribution in [-0.4, -0.2) is 18.2 Å². The lowest BCUT2D eigenvalue weighted by Gasteiger charge is -2.15. The molecule has 0 heterocycles. The van der Waals surface area contributed by atoms with E-state index >= 15 is 0 Å². The van der Waals surface area contributed by atoms with Crippen LogP contribution in [0.1, 0.15) is 41.6 Å². The summed E-state index contributed by atoms with van der Waals surface area (Å²) >= 11 is 0. The van der Waals surface area contributed by atoms with Gasteiger partial charge in [-0.1, -0.05) is 17.7 Å². The van der Waals surface area contributed by atoms with E-state index in [1.165, 1.54) is 25.5 Å². The number of aromatic hydroxyl groups is 1. The predicted molar refractivity (Wildman–Crippen MR) is 69.7 cm³/mol. The fraction of sp³-hybridized carbons (Fsp3) is 0.400. The minimum absolute atomic E-state index is 0.171. The molecule has 2 rings (SSSR count). The van der Waals surface area contributed by atoms with Gasteiger partial charge in [-0.25, -0.2) is 4.79 Å². The Balaban J connectivity index is 2.30. The van der Waals surface area contributed by atoms with Crippen molar-refractivity contribution in [3.8, 4) is 5.75 Å². The maximum Gasteiger partial charge on any atom is 0.338 e. The lowest BCUT2D eigenvalue weighted by molar-refractivity contribution is 0.0599. The Morgan fingerprint density at radius 2 is 2.22 bits per heavy atom. The molecule has 3 heteroatoms. The van der Waals surface area contributed by atoms with Crippen LogP contribution in [0.4, 0.5) is 0 Å². The number of phenolic OH excluding ortho intramolecular Hbond substituents is 1. The molecule has 0 unspecified atom stereocenters. The van der Waals surface area contributed by atoms with Gasteiger partial charge in [0.1, 0.15) is 5.75 Å². The first-order valence-electron chi connectivity index (χ1n) is 6.29. The molecule has 0 fully saturated rings. The Kier molecular flexibility index (Phi) is 4.03. The van der Waals surface area contributed by atoms with Gasteiger partial charge in [0.05, 0.1) is 12.7 Å². The fourth-order valence-electron chi connectivity index (χ4n) is 2.35. The minimum Gasteiger partial charge on any atom is -0.508 e. The van der Waals surface area contributed by atoms with Crippen LogP contribution in [0, 0.1) is 0 Å². The highest BCUT2D eigenvalue weighted by atomic mass is 16.5. The van der Waals surface area contributed by atoms with E-state index in [1.54, 1.807) is 18.2 Å². The van der Waals surface area contributed by atoms with Gasteiger partial charge in [-0.05, 0) is 44.2 Å². The molecule has 0 spiro atoms. The van der Waals surface area contributed by atoms with E-state index in [-0.39, 0.29) is 5.75 Å². The monoisotopic (exact) mass is 246 g/mol. The van der Waals surface area contributed by atoms with Crippen LogP contribution in [0.5, 0.6) is 5.75 Å². The van der Waals surface area contributed by atoms with Crippen LogP contribution in [0.15, 0.2) is 29.8 Å². The average Bonchev–Trinajstić information content (AvgIpc) is 2.41. The zero-order chi connectivity index (χ0) is 13.0. The van der Waals surface area contributed by atoms with Crippen LogP contribution in [0.25, 0.3) is 0 Å². The van der Waals surface area contributed by atoms with Gasteiger partial charge in [0.2, 0.25) is 0 Å². The predicted octanol–water partition coefficient (Wildman–Crippen LogP) is 3.22. The molecule has 0 amide bonds. The maximum absolute atomic E-state index is 11.7. The molecule has 0 saturated carbocycles. The molecular weight excluding hydrogens is 228 g/mol. The van der Waals surface area contributed by atoms with Crippen molar-refractivity contribution in [3.63, 3.8) is 0 Å². The molecule has 0 atom stereocenters. The summed E-state index contributed by atoms with van der Waals surface area (Å²) < 4.78 is 4.75. The molecule has 1 aromatic carbocycles. The zero-order valence-corrected chi connectivity index (χ0v) is 10.6. The number of ether oxygens (including phenoxy) is 1. The summed E-state index contributed by atoms with van der Waals surface area (Å²) in [7, 11) is 1.36. The number of methoxy groups -OCH3 is 1. The van der Waals surface area contributed by atoms with Crippen molar-refractivity contribution in [2.24, 2.45) is 0 Å². The summed E-state index contributed by atoms with van der Waals surface area (Å²) in [5.41, 5.74) is 2.44. The van der Waals surface area contributed by atoms with Gasteiger partial charge in [-0.2, -0.15) is 0 Å². The van der Waals surface area contributed by atoms with Gasteiger partial charge in [0.15, 0.2) is 0 Å². The first-order valence-corrected chi connectivity index (χ1v) is 6.29. The maximum atomic E-state index is 11.7. The van der Waals surface area contributed by atoms with Crippen LogP contribution >= 0.6 is 0 Å². The summed E-state index contributed by atoms with van der Waals surface area (Å²) in [6.07, 6.45) is 7.42. The third kappa shape index (κ3) is 2.73. The van der Waals surface area contributed by atoms with E-state index in [2.05, 4.69) is 6.08 Å². The van der Waals surface area contributed by atoms with Gasteiger partial charge < -0.3 is 9.84 Å². The highest BCUT2D eigenvalue weighted by Crippen LogP contribution is 2.28. The van der Waals surface area contributed by atoms with Crippen LogP contribution in [0.3, 0.4) is 0 Å². The van der Waals surface area contributed by atoms with Crippen LogP contribution < -0.4 is 0 Å². The molecule has 96 valence electrons. The number of benzene rings is 1. The number of phenols is 1. The quantitative estimate of drug-likeness (QED) is 0.658. The SMILES string of the molecule is COC(=O)c1cccc(O)c1CC1=CCCCC1. The Bertz CT molecular complexity index is 475. The van der Waals surface area contributed by atoms with Crippen molar-refractivity contribution in [2.45, 2.75) is 32.1 Å². The summed E-state index contributed by atoms with van der Waals surface area (Å²) in [5.74, 6) is -0.221. The number of carbonyl (C=O) groups is 1. The first-order chi connectivity index (χ1) is 8.72. The molecule has 1 aliphatic rings. The second kappa shape index (κ2) is 5.71. The molecule has 1 aromatic rings. The third-order valence-electron chi connectivity index (χ3n) is 3.35. The fourth-order valence-corrected chi connectivity index (χ4v) is 2.35. The molecule has 0 radical (unpaired) electrons. The van der Waals surface area contributed by atoms with Crippen molar-refractivity contribution in [3.05, 3.63) is 41.0 Å². The molecule has 1 aliphatic carbocycles. The van der Waals surface area contributed by atoms with Crippen molar-refractivity contribution in [1.29, 1.82) is 0 Å². The standard InChI is InChI=1S/C15H18O3/c1-18-15(17)12-8-5-9-14(16)13(12)10-11-6-3-2-4-7-11/h5-6,8-9,16H,2-4,7,10H2,1H3. The summed E-state index contributed by atoms with van der Waals surface area (Å²) in [5, 5.41) is 9.93. The second-order valence-corrected chi connectivity index (χ2v) is 4.58. The van der Waals surface area contributed by atoms with Crippen LogP contribution in [-0.2, 0) is 11.2 Å². The Morgan fingerprint density at radius 1 is 1.39 bits per heavy atom. The average molecular weight is 246 g/mol. The Labute approximate surface area is 107 Å². The molecule has 1 N–H and O–H groups in total. The van der Waals surface area contributed by atoms with Gasteiger partial charge in [0.25, 0.3) is 0 Å². The summed E-state index contributed by atoms with van der Waals surface area (Å²) in [4.78, 5) is 11.7. The van der Waals surface area contributed by atoms with E-state index < -0.39 is 5.97 Å². The van der Waals surface area contributed by atoms with Gasteiger partial charge in [-0.3, -0.25) is 0 Å². The number of carbonyl (C=O) groups excluding carboxylic acids is 1. The Morgan fingerprint density at radius 3 is 2.89 bits per heavy atom. The first kappa shape index (κ1) is 12.7. The van der Waals surface area contributed by atoms with Gasteiger partial charge >= 0.3 is 5.97 Å². The lowest BCUT2D eigenvalue weighted by atomic mass is 9.91. The van der Waals surface area contributed by atoms with Crippen molar-refractivity contribution in [2.75, 3.05) is 7.11 Å². The van der Waals surface area contributed by atoms with Gasteiger partial charge in [0, 0.05) is 5.56 Å². The molecule has 0 aromatic heterocycles. The zero-order valence-electron chi connectivity index (χ0n) is 10.6. The van der Waals surface area contributed by atoms with Crippen molar-refractivity contribution >= 4 is 5.97 Å². The molecule has 0 saturated heterocycles. The van der Waals surface area contributed by atoms with E-state index in [0.29, 0.717) is 17.5 Å². The molecule has 18 heavy (non-hydrogen) atoms. The van der Waals surface area contributed by atoms with E-state index in [0.717, 1.165) is 12.8 Å². The number of allylic oxidation sites excluding steroid dienone is 2. The molecule has 3 nitrogen and oxygen atoms in total. The summed E-state index contributed by atoms with van der Waals surface area (Å²) in [6.45, 7) is 0. The van der Waals surface area contributed by atoms with E-state index in [4.69, 9.17) is 4.74 Å². The van der Waals surface area contributed by atoms with Crippen molar-refractivity contribution < 1.29 is 14.6 Å². The van der Waals surface area contributed by atoms with Gasteiger partial charge in [-0.15, -0.1) is 0 Å². The number of hydrogen-bond acceptors (Lipinski definition) is 3. The lowest BCUT2D eigenvalue weighted by Crippen LogP contribution is -2.07. The number of rotatable bonds is 3. The smallest absolute Gasteiger partial charge is 0.338 e. The largest absolute Gasteiger partial charge is 0.508 e.